The molecule has 0 saturated heterocycles. The Morgan fingerprint density at radius 1 is 0.875 bits per heavy atom. The van der Waals surface area contributed by atoms with Gasteiger partial charge in [-0.15, -0.1) is 12.4 Å². The number of azo groups is 1. The second kappa shape index (κ2) is 21.6. The van der Waals surface area contributed by atoms with Gasteiger partial charge in [-0.3, -0.25) is 0 Å². The highest BCUT2D eigenvalue weighted by Gasteiger charge is 2.32. The zero-order valence-corrected chi connectivity index (χ0v) is 26.6. The second-order valence-electron chi connectivity index (χ2n) is 10.9. The van der Waals surface area contributed by atoms with E-state index in [4.69, 9.17) is 16.3 Å². The first-order valence-electron chi connectivity index (χ1n) is 15.2. The number of nitriles is 1. The Morgan fingerprint density at radius 3 is 2.10 bits per heavy atom. The summed E-state index contributed by atoms with van der Waals surface area (Å²) in [7, 11) is 3.44. The lowest BCUT2D eigenvalue weighted by molar-refractivity contribution is 0.392. The van der Waals surface area contributed by atoms with E-state index in [9.17, 15) is 5.26 Å². The van der Waals surface area contributed by atoms with Crippen LogP contribution in [0.25, 0.3) is 0 Å². The predicted molar refractivity (Wildman–Crippen MR) is 172 cm³/mol. The maximum Gasteiger partial charge on any atom is 0.119 e. The quantitative estimate of drug-likeness (QED) is 0.108. The van der Waals surface area contributed by atoms with Crippen LogP contribution in [-0.2, 0) is 11.8 Å². The third-order valence-corrected chi connectivity index (χ3v) is 8.14. The van der Waals surface area contributed by atoms with Crippen LogP contribution in [-0.4, -0.2) is 20.2 Å². The third-order valence-electron chi connectivity index (χ3n) is 7.89. The summed E-state index contributed by atoms with van der Waals surface area (Å²) in [5.41, 5.74) is 1.84. The molecule has 0 N–H and O–H groups in total. The van der Waals surface area contributed by atoms with Gasteiger partial charge in [0, 0.05) is 12.1 Å². The van der Waals surface area contributed by atoms with Crippen LogP contribution in [0.4, 0.5) is 0 Å². The highest BCUT2D eigenvalue weighted by Crippen LogP contribution is 2.37. The largest absolute Gasteiger partial charge is 0.497 e. The summed E-state index contributed by atoms with van der Waals surface area (Å²) in [6, 6.07) is 19.1. The molecule has 0 aliphatic heterocycles. The van der Waals surface area contributed by atoms with Gasteiger partial charge in [-0.2, -0.15) is 15.5 Å². The van der Waals surface area contributed by atoms with Gasteiger partial charge in [0.05, 0.1) is 24.6 Å². The van der Waals surface area contributed by atoms with E-state index in [0.29, 0.717) is 0 Å². The molecule has 40 heavy (non-hydrogen) atoms. The van der Waals surface area contributed by atoms with Crippen LogP contribution < -0.4 is 4.74 Å². The van der Waals surface area contributed by atoms with Gasteiger partial charge in [-0.05, 0) is 73.9 Å². The number of nitrogens with zero attached hydrogens (tertiary/aromatic N) is 3. The van der Waals surface area contributed by atoms with Crippen LogP contribution >= 0.6 is 24.0 Å². The van der Waals surface area contributed by atoms with Crippen LogP contribution in [0.3, 0.4) is 0 Å². The lowest BCUT2D eigenvalue weighted by Gasteiger charge is -2.28. The number of halogens is 2. The van der Waals surface area contributed by atoms with Gasteiger partial charge >= 0.3 is 0 Å². The molecule has 4 nitrogen and oxygen atoms in total. The molecule has 0 aliphatic rings. The molecule has 0 heterocycles. The Labute approximate surface area is 255 Å². The van der Waals surface area contributed by atoms with Gasteiger partial charge in [-0.1, -0.05) is 107 Å². The van der Waals surface area contributed by atoms with Crippen molar-refractivity contribution in [2.75, 3.05) is 14.2 Å². The summed E-state index contributed by atoms with van der Waals surface area (Å²) < 4.78 is 5.51. The maximum atomic E-state index is 10.5. The van der Waals surface area contributed by atoms with Crippen molar-refractivity contribution in [1.82, 2.24) is 0 Å². The molecule has 0 aromatic heterocycles. The first-order chi connectivity index (χ1) is 19.1. The van der Waals surface area contributed by atoms with Gasteiger partial charge in [0.2, 0.25) is 0 Å². The van der Waals surface area contributed by atoms with Crippen molar-refractivity contribution in [3.63, 3.8) is 0 Å². The lowest BCUT2D eigenvalue weighted by Crippen LogP contribution is -2.25. The number of methoxy groups -OCH3 is 1. The number of rotatable bonds is 21. The molecule has 222 valence electrons. The van der Waals surface area contributed by atoms with Crippen molar-refractivity contribution in [3.05, 3.63) is 64.7 Å². The Balaban J connectivity index is 0.00000800. The minimum absolute atomic E-state index is 0. The molecule has 2 aromatic carbocycles. The number of hydrogen-bond acceptors (Lipinski definition) is 4. The van der Waals surface area contributed by atoms with Crippen molar-refractivity contribution in [3.8, 4) is 11.8 Å². The number of benzene rings is 2. The first-order valence-corrected chi connectivity index (χ1v) is 15.5. The highest BCUT2D eigenvalue weighted by molar-refractivity contribution is 6.30. The minimum Gasteiger partial charge on any atom is -0.497 e. The van der Waals surface area contributed by atoms with E-state index in [0.717, 1.165) is 61.3 Å². The first kappa shape index (κ1) is 35.9. The van der Waals surface area contributed by atoms with Crippen molar-refractivity contribution >= 4 is 24.0 Å². The van der Waals surface area contributed by atoms with Gasteiger partial charge < -0.3 is 4.74 Å². The molecule has 0 amide bonds. The van der Waals surface area contributed by atoms with Crippen LogP contribution in [0.1, 0.15) is 114 Å². The fourth-order valence-electron chi connectivity index (χ4n) is 5.47. The highest BCUT2D eigenvalue weighted by atomic mass is 35.5. The fraction of sp³-hybridized carbons (Fsp3) is 0.618. The van der Waals surface area contributed by atoms with Crippen LogP contribution in [0.15, 0.2) is 58.8 Å². The van der Waals surface area contributed by atoms with Crippen LogP contribution in [0.2, 0.25) is 5.02 Å². The summed E-state index contributed by atoms with van der Waals surface area (Å²) in [6.45, 7) is 2.27. The SMILES string of the molecule is CCCCCCCCCCCCC(C#N)(CCCC(CCc1ccc(Cl)cc1)/N=N/C)c1cccc(OC)c1.Cl. The molecule has 2 atom stereocenters. The monoisotopic (exact) mass is 587 g/mol. The van der Waals surface area contributed by atoms with E-state index in [1.807, 2.05) is 24.3 Å². The molecule has 2 aromatic rings. The number of ether oxygens (including phenoxy) is 1. The minimum atomic E-state index is -0.501. The molecule has 0 fully saturated rings. The van der Waals surface area contributed by atoms with Crippen LogP contribution in [0, 0.1) is 11.3 Å². The molecule has 2 unspecified atom stereocenters. The molecule has 0 aliphatic carbocycles. The molecule has 0 radical (unpaired) electrons. The summed E-state index contributed by atoms with van der Waals surface area (Å²) in [5.74, 6) is 0.816. The van der Waals surface area contributed by atoms with Crippen molar-refractivity contribution in [2.24, 2.45) is 10.2 Å². The Hall–Kier alpha value is -2.09. The molecular formula is C34H51Cl2N3O. The molecular weight excluding hydrogens is 537 g/mol. The standard InChI is InChI=1S/C34H50ClN3O.ClH/c1-4-5-6-7-8-9-10-11-12-13-25-34(28-36,30-16-14-18-33(27-30)39-3)26-15-17-32(38-37-2)24-21-29-19-22-31(35)23-20-29;/h14,16,18-20,22-23,27,32H,4-13,15,17,21,24-26H2,1-3H3;1H/b38-37+;. The summed E-state index contributed by atoms with van der Waals surface area (Å²) >= 11 is 6.04. The van der Waals surface area contributed by atoms with Crippen LogP contribution in [0.5, 0.6) is 5.75 Å². The smallest absolute Gasteiger partial charge is 0.119 e. The number of hydrogen-bond donors (Lipinski definition) is 0. The average Bonchev–Trinajstić information content (AvgIpc) is 2.96. The number of unbranched alkanes of at least 4 members (excludes halogenated alkanes) is 9. The Kier molecular flexibility index (Phi) is 19.4. The molecule has 6 heteroatoms. The van der Waals surface area contributed by atoms with Gasteiger partial charge in [-0.25, -0.2) is 0 Å². The molecule has 0 bridgehead atoms. The Morgan fingerprint density at radius 2 is 1.50 bits per heavy atom. The van der Waals surface area contributed by atoms with E-state index in [2.05, 4.69) is 47.5 Å². The zero-order chi connectivity index (χ0) is 28.2. The van der Waals surface area contributed by atoms with E-state index in [1.165, 1.54) is 63.4 Å². The molecule has 0 spiro atoms. The van der Waals surface area contributed by atoms with Crippen molar-refractivity contribution < 1.29 is 4.74 Å². The summed E-state index contributed by atoms with van der Waals surface area (Å²) in [5, 5.41) is 19.9. The zero-order valence-electron chi connectivity index (χ0n) is 25.0. The van der Waals surface area contributed by atoms with E-state index in [-0.39, 0.29) is 18.4 Å². The van der Waals surface area contributed by atoms with Gasteiger partial charge in [0.25, 0.3) is 0 Å². The van der Waals surface area contributed by atoms with Crippen molar-refractivity contribution in [1.29, 1.82) is 5.26 Å². The van der Waals surface area contributed by atoms with E-state index >= 15 is 0 Å². The summed E-state index contributed by atoms with van der Waals surface area (Å²) in [6.07, 6.45) is 18.4. The topological polar surface area (TPSA) is 57.7 Å². The van der Waals surface area contributed by atoms with Gasteiger partial charge in [0.15, 0.2) is 0 Å². The summed E-state index contributed by atoms with van der Waals surface area (Å²) in [4.78, 5) is 0. The third kappa shape index (κ3) is 13.5. The number of aryl methyl sites for hydroxylation is 1. The van der Waals surface area contributed by atoms with Gasteiger partial charge in [0.1, 0.15) is 5.75 Å². The predicted octanol–water partition coefficient (Wildman–Crippen LogP) is 11.1. The lowest BCUT2D eigenvalue weighted by atomic mass is 9.73. The fourth-order valence-corrected chi connectivity index (χ4v) is 5.60. The van der Waals surface area contributed by atoms with Crippen molar-refractivity contribution in [2.45, 2.75) is 121 Å². The van der Waals surface area contributed by atoms with E-state index < -0.39 is 5.41 Å². The molecule has 2 rings (SSSR count). The maximum absolute atomic E-state index is 10.5. The average molecular weight is 589 g/mol. The normalized spacial score (nSPS) is 13.4. The second-order valence-corrected chi connectivity index (χ2v) is 11.3. The van der Waals surface area contributed by atoms with E-state index in [1.54, 1.807) is 14.2 Å². The Bertz CT molecular complexity index is 989. The molecule has 0 saturated carbocycles.